The van der Waals surface area contributed by atoms with Crippen LogP contribution >= 0.6 is 11.6 Å². The molecule has 2 aliphatic heterocycles. The normalized spacial score (nSPS) is 17.9. The van der Waals surface area contributed by atoms with Crippen LogP contribution in [0.1, 0.15) is 5.56 Å². The number of rotatable bonds is 1. The standard InChI is InChI=1S/C15H14ClNO3/c16-13-1-2-14-12(10-13)9-11(3-6-20-14)15(18)17-4-7-19-8-5-17/h1-3,6,9-10H,4-5,7-8H2. The van der Waals surface area contributed by atoms with Crippen molar-refractivity contribution < 1.29 is 14.3 Å². The Morgan fingerprint density at radius 1 is 1.25 bits per heavy atom. The molecule has 0 spiro atoms. The molecule has 0 saturated carbocycles. The van der Waals surface area contributed by atoms with Crippen molar-refractivity contribution in [3.05, 3.63) is 46.7 Å². The topological polar surface area (TPSA) is 38.8 Å². The van der Waals surface area contributed by atoms with Crippen LogP contribution in [0.15, 0.2) is 36.1 Å². The molecule has 0 N–H and O–H groups in total. The number of morpholine rings is 1. The largest absolute Gasteiger partial charge is 0.464 e. The number of hydrogen-bond acceptors (Lipinski definition) is 3. The van der Waals surface area contributed by atoms with Crippen LogP contribution in [0.4, 0.5) is 0 Å². The Labute approximate surface area is 122 Å². The maximum absolute atomic E-state index is 12.5. The van der Waals surface area contributed by atoms with Crippen molar-refractivity contribution >= 4 is 23.6 Å². The number of hydrogen-bond donors (Lipinski definition) is 0. The highest BCUT2D eigenvalue weighted by atomic mass is 35.5. The third kappa shape index (κ3) is 2.71. The predicted octanol–water partition coefficient (Wildman–Crippen LogP) is 2.49. The quantitative estimate of drug-likeness (QED) is 0.798. The van der Waals surface area contributed by atoms with Gasteiger partial charge in [0.25, 0.3) is 5.91 Å². The zero-order valence-corrected chi connectivity index (χ0v) is 11.6. The number of nitrogens with zero attached hydrogens (tertiary/aromatic N) is 1. The van der Waals surface area contributed by atoms with Crippen molar-refractivity contribution in [3.63, 3.8) is 0 Å². The van der Waals surface area contributed by atoms with Gasteiger partial charge in [0.1, 0.15) is 5.75 Å². The first-order chi connectivity index (χ1) is 9.74. The molecule has 0 atom stereocenters. The first kappa shape index (κ1) is 13.2. The predicted molar refractivity (Wildman–Crippen MR) is 76.6 cm³/mol. The lowest BCUT2D eigenvalue weighted by Gasteiger charge is -2.27. The van der Waals surface area contributed by atoms with Gasteiger partial charge < -0.3 is 14.4 Å². The third-order valence-corrected chi connectivity index (χ3v) is 3.51. The van der Waals surface area contributed by atoms with Gasteiger partial charge in [0.2, 0.25) is 0 Å². The van der Waals surface area contributed by atoms with Gasteiger partial charge in [0, 0.05) is 29.2 Å². The molecular formula is C15H14ClNO3. The summed E-state index contributed by atoms with van der Waals surface area (Å²) in [6.45, 7) is 2.41. The summed E-state index contributed by atoms with van der Waals surface area (Å²) < 4.78 is 10.7. The van der Waals surface area contributed by atoms with Gasteiger partial charge in [-0.2, -0.15) is 0 Å². The van der Waals surface area contributed by atoms with E-state index in [0.29, 0.717) is 42.6 Å². The smallest absolute Gasteiger partial charge is 0.254 e. The molecular weight excluding hydrogens is 278 g/mol. The second kappa shape index (κ2) is 5.69. The summed E-state index contributed by atoms with van der Waals surface area (Å²) >= 11 is 5.99. The molecule has 20 heavy (non-hydrogen) atoms. The van der Waals surface area contributed by atoms with Gasteiger partial charge in [0.15, 0.2) is 0 Å². The zero-order chi connectivity index (χ0) is 13.9. The summed E-state index contributed by atoms with van der Waals surface area (Å²) in [7, 11) is 0. The fraction of sp³-hybridized carbons (Fsp3) is 0.267. The van der Waals surface area contributed by atoms with Crippen LogP contribution < -0.4 is 4.74 Å². The fourth-order valence-electron chi connectivity index (χ4n) is 2.22. The summed E-state index contributed by atoms with van der Waals surface area (Å²) in [5, 5.41) is 0.615. The van der Waals surface area contributed by atoms with Gasteiger partial charge in [-0.15, -0.1) is 0 Å². The number of carbonyl (C=O) groups is 1. The Hall–Kier alpha value is -1.78. The van der Waals surface area contributed by atoms with E-state index in [1.165, 1.54) is 6.26 Å². The Morgan fingerprint density at radius 3 is 2.85 bits per heavy atom. The van der Waals surface area contributed by atoms with Gasteiger partial charge in [-0.3, -0.25) is 4.79 Å². The third-order valence-electron chi connectivity index (χ3n) is 3.27. The number of fused-ring (bicyclic) bond motifs is 1. The molecule has 1 saturated heterocycles. The van der Waals surface area contributed by atoms with Crippen LogP contribution in [0.3, 0.4) is 0 Å². The molecule has 0 aromatic heterocycles. The first-order valence-corrected chi connectivity index (χ1v) is 6.83. The molecule has 0 bridgehead atoms. The van der Waals surface area contributed by atoms with E-state index < -0.39 is 0 Å². The summed E-state index contributed by atoms with van der Waals surface area (Å²) in [6.07, 6.45) is 5.03. The Kier molecular flexibility index (Phi) is 3.76. The minimum absolute atomic E-state index is 0.0130. The molecule has 3 rings (SSSR count). The second-order valence-corrected chi connectivity index (χ2v) is 5.04. The van der Waals surface area contributed by atoms with Crippen LogP contribution in [0.5, 0.6) is 5.75 Å². The number of amides is 1. The summed E-state index contributed by atoms with van der Waals surface area (Å²) in [4.78, 5) is 14.2. The van der Waals surface area contributed by atoms with Crippen LogP contribution in [0.25, 0.3) is 6.08 Å². The highest BCUT2D eigenvalue weighted by Crippen LogP contribution is 2.28. The maximum Gasteiger partial charge on any atom is 0.254 e. The summed E-state index contributed by atoms with van der Waals surface area (Å²) in [5.74, 6) is 0.677. The molecule has 2 aliphatic rings. The minimum atomic E-state index is -0.0130. The molecule has 1 amide bonds. The molecule has 4 nitrogen and oxygen atoms in total. The highest BCUT2D eigenvalue weighted by molar-refractivity contribution is 6.30. The van der Waals surface area contributed by atoms with Gasteiger partial charge in [-0.1, -0.05) is 11.6 Å². The van der Waals surface area contributed by atoms with E-state index in [9.17, 15) is 4.79 Å². The van der Waals surface area contributed by atoms with E-state index in [0.717, 1.165) is 5.56 Å². The molecule has 0 aliphatic carbocycles. The minimum Gasteiger partial charge on any atom is -0.464 e. The van der Waals surface area contributed by atoms with Crippen molar-refractivity contribution in [2.75, 3.05) is 26.3 Å². The Balaban J connectivity index is 1.90. The van der Waals surface area contributed by atoms with Gasteiger partial charge >= 0.3 is 0 Å². The van der Waals surface area contributed by atoms with Gasteiger partial charge in [-0.05, 0) is 30.4 Å². The lowest BCUT2D eigenvalue weighted by molar-refractivity contribution is -0.130. The molecule has 0 radical (unpaired) electrons. The molecule has 2 heterocycles. The summed E-state index contributed by atoms with van der Waals surface area (Å²) in [6, 6.07) is 5.34. The van der Waals surface area contributed by atoms with E-state index in [1.54, 1.807) is 29.2 Å². The maximum atomic E-state index is 12.5. The van der Waals surface area contributed by atoms with Crippen molar-refractivity contribution in [2.45, 2.75) is 0 Å². The van der Waals surface area contributed by atoms with Gasteiger partial charge in [0.05, 0.1) is 19.5 Å². The number of carbonyl (C=O) groups excluding carboxylic acids is 1. The number of benzene rings is 1. The SMILES string of the molecule is O=C(C1=Cc2cc(Cl)ccc2OC=C1)N1CCOCC1. The lowest BCUT2D eigenvalue weighted by Crippen LogP contribution is -2.41. The number of ether oxygens (including phenoxy) is 2. The van der Waals surface area contributed by atoms with Gasteiger partial charge in [-0.25, -0.2) is 0 Å². The molecule has 104 valence electrons. The molecule has 0 unspecified atom stereocenters. The monoisotopic (exact) mass is 291 g/mol. The van der Waals surface area contributed by atoms with Crippen LogP contribution in [0, 0.1) is 0 Å². The number of halogens is 1. The van der Waals surface area contributed by atoms with Crippen LogP contribution in [-0.4, -0.2) is 37.1 Å². The molecule has 1 aromatic rings. The highest BCUT2D eigenvalue weighted by Gasteiger charge is 2.20. The summed E-state index contributed by atoms with van der Waals surface area (Å²) in [5.41, 5.74) is 1.40. The average molecular weight is 292 g/mol. The van der Waals surface area contributed by atoms with E-state index in [-0.39, 0.29) is 5.91 Å². The fourth-order valence-corrected chi connectivity index (χ4v) is 2.40. The lowest BCUT2D eigenvalue weighted by atomic mass is 10.1. The Morgan fingerprint density at radius 2 is 2.05 bits per heavy atom. The zero-order valence-electron chi connectivity index (χ0n) is 10.8. The van der Waals surface area contributed by atoms with Crippen molar-refractivity contribution in [3.8, 4) is 5.75 Å². The molecule has 1 aromatic carbocycles. The van der Waals surface area contributed by atoms with Crippen molar-refractivity contribution in [2.24, 2.45) is 0 Å². The molecule has 1 fully saturated rings. The van der Waals surface area contributed by atoms with E-state index in [4.69, 9.17) is 21.1 Å². The average Bonchev–Trinajstić information content (AvgIpc) is 2.69. The van der Waals surface area contributed by atoms with E-state index in [2.05, 4.69) is 0 Å². The van der Waals surface area contributed by atoms with E-state index in [1.807, 2.05) is 6.08 Å². The molecule has 5 heteroatoms. The second-order valence-electron chi connectivity index (χ2n) is 4.61. The van der Waals surface area contributed by atoms with Crippen LogP contribution in [-0.2, 0) is 9.53 Å². The first-order valence-electron chi connectivity index (χ1n) is 6.45. The van der Waals surface area contributed by atoms with Crippen molar-refractivity contribution in [1.82, 2.24) is 4.90 Å². The Bertz CT molecular complexity index is 589. The van der Waals surface area contributed by atoms with Crippen LogP contribution in [0.2, 0.25) is 5.02 Å². The van der Waals surface area contributed by atoms with E-state index >= 15 is 0 Å². The van der Waals surface area contributed by atoms with Crippen molar-refractivity contribution in [1.29, 1.82) is 0 Å².